The molecule has 0 bridgehead atoms. The summed E-state index contributed by atoms with van der Waals surface area (Å²) in [4.78, 5) is 0. The molecule has 0 amide bonds. The van der Waals surface area contributed by atoms with E-state index in [-0.39, 0.29) is 34.9 Å². The van der Waals surface area contributed by atoms with Gasteiger partial charge in [0.25, 0.3) is 0 Å². The minimum Gasteiger partial charge on any atom is -0.469 e. The molecule has 1 aromatic heterocycles. The lowest BCUT2D eigenvalue weighted by Crippen LogP contribution is -2.64. The van der Waals surface area contributed by atoms with Crippen LogP contribution in [0.3, 0.4) is 0 Å². The average Bonchev–Trinajstić information content (AvgIpc) is 3.24. The molecule has 150 valence electrons. The Hall–Kier alpha value is -0.840. The second-order valence-corrected chi connectivity index (χ2v) is 10.5. The zero-order valence-electron chi connectivity index (χ0n) is 16.6. The monoisotopic (exact) mass is 374 g/mol. The highest BCUT2D eigenvalue weighted by atomic mass is 16.3. The quantitative estimate of drug-likeness (QED) is 0.698. The van der Waals surface area contributed by atoms with Gasteiger partial charge in [-0.3, -0.25) is 0 Å². The van der Waals surface area contributed by atoms with Crippen LogP contribution in [-0.4, -0.2) is 33.1 Å². The number of aliphatic hydroxyl groups is 3. The Bertz CT molecular complexity index is 701. The predicted octanol–water partition coefficient (Wildman–Crippen LogP) is 3.85. The van der Waals surface area contributed by atoms with Gasteiger partial charge in [-0.15, -0.1) is 0 Å². The van der Waals surface area contributed by atoms with E-state index in [1.54, 1.807) is 6.26 Å². The molecular weight excluding hydrogens is 340 g/mol. The Labute approximate surface area is 162 Å². The molecule has 5 rings (SSSR count). The van der Waals surface area contributed by atoms with Gasteiger partial charge >= 0.3 is 0 Å². The molecule has 9 atom stereocenters. The summed E-state index contributed by atoms with van der Waals surface area (Å²) < 4.78 is 5.85. The van der Waals surface area contributed by atoms with Crippen LogP contribution in [0.5, 0.6) is 0 Å². The third-order valence-electron chi connectivity index (χ3n) is 9.80. The summed E-state index contributed by atoms with van der Waals surface area (Å²) in [6, 6.07) is 4.02. The van der Waals surface area contributed by atoms with Gasteiger partial charge in [0, 0.05) is 11.3 Å². The van der Waals surface area contributed by atoms with Crippen LogP contribution in [0.4, 0.5) is 0 Å². The summed E-state index contributed by atoms with van der Waals surface area (Å²) in [5, 5.41) is 33.1. The largest absolute Gasteiger partial charge is 0.469 e. The van der Waals surface area contributed by atoms with Crippen molar-refractivity contribution in [2.75, 3.05) is 0 Å². The normalized spacial score (nSPS) is 54.9. The Morgan fingerprint density at radius 1 is 1.00 bits per heavy atom. The van der Waals surface area contributed by atoms with Crippen molar-refractivity contribution in [2.24, 2.45) is 28.6 Å². The molecule has 4 unspecified atom stereocenters. The summed E-state index contributed by atoms with van der Waals surface area (Å²) in [5.41, 5.74) is -1.09. The first kappa shape index (κ1) is 18.2. The minimum absolute atomic E-state index is 0.0323. The molecule has 0 saturated heterocycles. The van der Waals surface area contributed by atoms with Crippen LogP contribution in [0.2, 0.25) is 0 Å². The first-order valence-corrected chi connectivity index (χ1v) is 10.9. The van der Waals surface area contributed by atoms with Gasteiger partial charge in [-0.2, -0.15) is 0 Å². The van der Waals surface area contributed by atoms with Crippen molar-refractivity contribution in [3.8, 4) is 0 Å². The molecule has 0 radical (unpaired) electrons. The maximum atomic E-state index is 11.9. The van der Waals surface area contributed by atoms with E-state index in [1.807, 2.05) is 6.07 Å². The van der Waals surface area contributed by atoms with E-state index in [2.05, 4.69) is 19.9 Å². The zero-order valence-corrected chi connectivity index (χ0v) is 16.6. The third-order valence-corrected chi connectivity index (χ3v) is 9.80. The van der Waals surface area contributed by atoms with Crippen molar-refractivity contribution in [1.82, 2.24) is 0 Å². The van der Waals surface area contributed by atoms with Crippen LogP contribution in [0, 0.1) is 28.6 Å². The summed E-state index contributed by atoms with van der Waals surface area (Å²) in [6.07, 6.45) is 8.18. The van der Waals surface area contributed by atoms with Gasteiger partial charge in [0.2, 0.25) is 0 Å². The van der Waals surface area contributed by atoms with E-state index < -0.39 is 5.60 Å². The third kappa shape index (κ3) is 2.21. The van der Waals surface area contributed by atoms with Crippen LogP contribution in [-0.2, 0) is 0 Å². The second-order valence-electron chi connectivity index (χ2n) is 10.5. The Morgan fingerprint density at radius 2 is 1.81 bits per heavy atom. The Kier molecular flexibility index (Phi) is 3.94. The van der Waals surface area contributed by atoms with Crippen LogP contribution in [0.25, 0.3) is 0 Å². The number of rotatable bonds is 1. The fourth-order valence-electron chi connectivity index (χ4n) is 8.19. The van der Waals surface area contributed by atoms with Crippen LogP contribution < -0.4 is 0 Å². The molecule has 0 spiro atoms. The maximum Gasteiger partial charge on any atom is 0.107 e. The Balaban J connectivity index is 1.57. The van der Waals surface area contributed by atoms with Crippen molar-refractivity contribution >= 4 is 0 Å². The van der Waals surface area contributed by atoms with Gasteiger partial charge in [0.15, 0.2) is 0 Å². The van der Waals surface area contributed by atoms with E-state index in [9.17, 15) is 15.3 Å². The van der Waals surface area contributed by atoms with Gasteiger partial charge in [0.1, 0.15) is 5.76 Å². The van der Waals surface area contributed by atoms with Crippen molar-refractivity contribution in [3.05, 3.63) is 24.2 Å². The topological polar surface area (TPSA) is 73.8 Å². The number of furan rings is 1. The van der Waals surface area contributed by atoms with Crippen LogP contribution in [0.1, 0.15) is 76.9 Å². The first-order valence-electron chi connectivity index (χ1n) is 10.9. The molecular formula is C23H34O4. The number of hydrogen-bond donors (Lipinski definition) is 3. The first-order chi connectivity index (χ1) is 12.8. The van der Waals surface area contributed by atoms with Gasteiger partial charge in [0.05, 0.1) is 24.1 Å². The smallest absolute Gasteiger partial charge is 0.107 e. The highest BCUT2D eigenvalue weighted by Gasteiger charge is 2.68. The van der Waals surface area contributed by atoms with E-state index in [4.69, 9.17) is 4.42 Å². The van der Waals surface area contributed by atoms with E-state index >= 15 is 0 Å². The molecule has 0 aromatic carbocycles. The molecule has 4 aliphatic carbocycles. The van der Waals surface area contributed by atoms with E-state index in [1.165, 1.54) is 0 Å². The van der Waals surface area contributed by atoms with E-state index in [0.29, 0.717) is 11.8 Å². The summed E-state index contributed by atoms with van der Waals surface area (Å²) in [7, 11) is 0. The minimum atomic E-state index is -0.757. The molecule has 4 saturated carbocycles. The molecule has 4 heteroatoms. The standard InChI is InChI=1S/C23H34O4/c1-21-9-7-16-17(23(21,26)10-8-20(21)25)6-5-14-12-15(24)13-18(22(14,16)2)19-4-3-11-27-19/h3-4,11,14-18,20,24-26H,5-10,12-13H2,1-2H3/t14?,15?,16-,17-,18?,20?,21-,22+,23-/m1/s1. The van der Waals surface area contributed by atoms with Gasteiger partial charge < -0.3 is 19.7 Å². The van der Waals surface area contributed by atoms with Crippen molar-refractivity contribution < 1.29 is 19.7 Å². The SMILES string of the molecule is C[C@]12C(CC[C@@H]3[C@H]1CC[C@]1(C)C(O)CC[C@@]31O)CC(O)CC2c1ccco1. The molecule has 4 fully saturated rings. The summed E-state index contributed by atoms with van der Waals surface area (Å²) >= 11 is 0. The second kappa shape index (κ2) is 5.84. The molecule has 27 heavy (non-hydrogen) atoms. The van der Waals surface area contributed by atoms with Crippen molar-refractivity contribution in [1.29, 1.82) is 0 Å². The molecule has 1 heterocycles. The van der Waals surface area contributed by atoms with E-state index in [0.717, 1.165) is 57.1 Å². The highest BCUT2D eigenvalue weighted by Crippen LogP contribution is 2.70. The van der Waals surface area contributed by atoms with Crippen molar-refractivity contribution in [2.45, 2.75) is 88.9 Å². The van der Waals surface area contributed by atoms with Gasteiger partial charge in [-0.25, -0.2) is 0 Å². The number of fused-ring (bicyclic) bond motifs is 5. The maximum absolute atomic E-state index is 11.9. The summed E-state index contributed by atoms with van der Waals surface area (Å²) in [6.45, 7) is 4.52. The van der Waals surface area contributed by atoms with Gasteiger partial charge in [-0.05, 0) is 86.7 Å². The molecule has 3 N–H and O–H groups in total. The van der Waals surface area contributed by atoms with Crippen molar-refractivity contribution in [3.63, 3.8) is 0 Å². The fourth-order valence-corrected chi connectivity index (χ4v) is 8.19. The fraction of sp³-hybridized carbons (Fsp3) is 0.826. The molecule has 1 aromatic rings. The van der Waals surface area contributed by atoms with Crippen LogP contribution >= 0.6 is 0 Å². The molecule has 0 aliphatic heterocycles. The predicted molar refractivity (Wildman–Crippen MR) is 102 cm³/mol. The number of aliphatic hydroxyl groups excluding tert-OH is 2. The lowest BCUT2D eigenvalue weighted by atomic mass is 9.41. The van der Waals surface area contributed by atoms with Crippen LogP contribution in [0.15, 0.2) is 22.8 Å². The average molecular weight is 375 g/mol. The number of hydrogen-bond acceptors (Lipinski definition) is 4. The summed E-state index contributed by atoms with van der Waals surface area (Å²) in [5.74, 6) is 2.32. The lowest BCUT2D eigenvalue weighted by Gasteiger charge is -2.64. The molecule has 4 nitrogen and oxygen atoms in total. The highest BCUT2D eigenvalue weighted by molar-refractivity contribution is 5.22. The molecule has 4 aliphatic rings. The lowest BCUT2D eigenvalue weighted by molar-refractivity contribution is -0.221. The van der Waals surface area contributed by atoms with Gasteiger partial charge in [-0.1, -0.05) is 13.8 Å². The zero-order chi connectivity index (χ0) is 19.0. The Morgan fingerprint density at radius 3 is 2.56 bits per heavy atom.